The number of hydrogen-bond donors (Lipinski definition) is 2. The first-order chi connectivity index (χ1) is 8.31. The van der Waals surface area contributed by atoms with Crippen molar-refractivity contribution in [2.24, 2.45) is 5.92 Å². The second-order valence-corrected chi connectivity index (χ2v) is 4.34. The third-order valence-electron chi connectivity index (χ3n) is 2.87. The molecule has 0 aliphatic rings. The van der Waals surface area contributed by atoms with Gasteiger partial charge in [0.25, 0.3) is 0 Å². The molecule has 0 radical (unpaired) electrons. The lowest BCUT2D eigenvalue weighted by Gasteiger charge is -2.29. The third kappa shape index (κ3) is 5.16. The number of hydrogen-bond acceptors (Lipinski definition) is 3. The van der Waals surface area contributed by atoms with Crippen molar-refractivity contribution in [3.8, 4) is 0 Å². The second kappa shape index (κ2) is 7.68. The van der Waals surface area contributed by atoms with Crippen LogP contribution >= 0.6 is 0 Å². The summed E-state index contributed by atoms with van der Waals surface area (Å²) in [4.78, 5) is 35.1. The number of carbonyl (C=O) groups is 3. The van der Waals surface area contributed by atoms with Gasteiger partial charge in [-0.3, -0.25) is 9.59 Å². The van der Waals surface area contributed by atoms with Gasteiger partial charge in [0.2, 0.25) is 11.8 Å². The van der Waals surface area contributed by atoms with Gasteiger partial charge in [-0.2, -0.15) is 0 Å². The van der Waals surface area contributed by atoms with Crippen molar-refractivity contribution in [3.63, 3.8) is 0 Å². The van der Waals surface area contributed by atoms with Crippen LogP contribution in [0.2, 0.25) is 0 Å². The van der Waals surface area contributed by atoms with Crippen LogP contribution in [0.25, 0.3) is 0 Å². The molecule has 0 aliphatic heterocycles. The Labute approximate surface area is 107 Å². The maximum atomic E-state index is 12.0. The molecule has 0 aromatic rings. The minimum Gasteiger partial charge on any atom is -0.480 e. The van der Waals surface area contributed by atoms with Crippen molar-refractivity contribution in [1.29, 1.82) is 0 Å². The van der Waals surface area contributed by atoms with Gasteiger partial charge in [0.1, 0.15) is 6.04 Å². The van der Waals surface area contributed by atoms with Crippen LogP contribution in [-0.4, -0.2) is 46.9 Å². The molecule has 2 N–H and O–H groups in total. The Bertz CT molecular complexity index is 317. The quantitative estimate of drug-likeness (QED) is 0.695. The van der Waals surface area contributed by atoms with Crippen molar-refractivity contribution in [2.75, 3.05) is 13.1 Å². The van der Waals surface area contributed by atoms with Crippen LogP contribution in [0.5, 0.6) is 0 Å². The summed E-state index contributed by atoms with van der Waals surface area (Å²) in [7, 11) is 0. The van der Waals surface area contributed by atoms with E-state index in [2.05, 4.69) is 5.32 Å². The highest BCUT2D eigenvalue weighted by Gasteiger charge is 2.27. The zero-order valence-electron chi connectivity index (χ0n) is 11.4. The fourth-order valence-electron chi connectivity index (χ4n) is 1.44. The molecule has 0 heterocycles. The molecule has 0 bridgehead atoms. The van der Waals surface area contributed by atoms with Gasteiger partial charge in [-0.25, -0.2) is 4.79 Å². The fraction of sp³-hybridized carbons (Fsp3) is 0.750. The van der Waals surface area contributed by atoms with Gasteiger partial charge in [0, 0.05) is 25.9 Å². The fourth-order valence-corrected chi connectivity index (χ4v) is 1.44. The number of rotatable bonds is 7. The molecule has 104 valence electrons. The average molecular weight is 258 g/mol. The van der Waals surface area contributed by atoms with E-state index in [0.29, 0.717) is 6.42 Å². The zero-order chi connectivity index (χ0) is 14.3. The van der Waals surface area contributed by atoms with Crippen molar-refractivity contribution >= 4 is 17.8 Å². The number of carboxylic acids is 1. The van der Waals surface area contributed by atoms with E-state index in [1.54, 1.807) is 6.92 Å². The number of aliphatic carboxylic acids is 1. The van der Waals surface area contributed by atoms with E-state index >= 15 is 0 Å². The molecule has 2 atom stereocenters. The van der Waals surface area contributed by atoms with Gasteiger partial charge in [0.15, 0.2) is 0 Å². The molecule has 6 heteroatoms. The van der Waals surface area contributed by atoms with E-state index in [9.17, 15) is 14.4 Å². The lowest BCUT2D eigenvalue weighted by atomic mass is 10.1. The maximum Gasteiger partial charge on any atom is 0.326 e. The summed E-state index contributed by atoms with van der Waals surface area (Å²) in [6, 6.07) is -0.889. The molecule has 0 spiro atoms. The average Bonchev–Trinajstić information content (AvgIpc) is 2.31. The molecule has 2 unspecified atom stereocenters. The Hall–Kier alpha value is -1.59. The molecule has 18 heavy (non-hydrogen) atoms. The van der Waals surface area contributed by atoms with E-state index in [1.807, 2.05) is 6.92 Å². The maximum absolute atomic E-state index is 12.0. The predicted octanol–water partition coefficient (Wildman–Crippen LogP) is 0.470. The Morgan fingerprint density at radius 1 is 1.28 bits per heavy atom. The van der Waals surface area contributed by atoms with E-state index in [0.717, 1.165) is 0 Å². The summed E-state index contributed by atoms with van der Waals surface area (Å²) < 4.78 is 0. The minimum absolute atomic E-state index is 0.197. The second-order valence-electron chi connectivity index (χ2n) is 4.34. The van der Waals surface area contributed by atoms with Crippen LogP contribution in [-0.2, 0) is 14.4 Å². The van der Waals surface area contributed by atoms with Gasteiger partial charge in [-0.1, -0.05) is 13.8 Å². The lowest BCUT2D eigenvalue weighted by Crippen LogP contribution is -2.48. The van der Waals surface area contributed by atoms with E-state index in [1.165, 1.54) is 18.7 Å². The Morgan fingerprint density at radius 3 is 2.22 bits per heavy atom. The third-order valence-corrected chi connectivity index (χ3v) is 2.87. The molecule has 6 nitrogen and oxygen atoms in total. The normalized spacial score (nSPS) is 13.6. The molecule has 0 aromatic carbocycles. The molecule has 0 saturated heterocycles. The lowest BCUT2D eigenvalue weighted by molar-refractivity contribution is -0.151. The van der Waals surface area contributed by atoms with Gasteiger partial charge < -0.3 is 15.3 Å². The highest BCUT2D eigenvalue weighted by Crippen LogP contribution is 2.10. The van der Waals surface area contributed by atoms with E-state index in [-0.39, 0.29) is 30.8 Å². The number of carboxylic acid groups (broad SMARTS) is 1. The molecule has 0 fully saturated rings. The molecule has 0 rings (SSSR count). The molecular weight excluding hydrogens is 236 g/mol. The van der Waals surface area contributed by atoms with Crippen molar-refractivity contribution in [1.82, 2.24) is 10.2 Å². The van der Waals surface area contributed by atoms with Crippen molar-refractivity contribution in [3.05, 3.63) is 0 Å². The molecule has 0 saturated carbocycles. The van der Waals surface area contributed by atoms with Gasteiger partial charge in [-0.05, 0) is 13.3 Å². The van der Waals surface area contributed by atoms with Crippen molar-refractivity contribution in [2.45, 2.75) is 40.2 Å². The largest absolute Gasteiger partial charge is 0.480 e. The summed E-state index contributed by atoms with van der Waals surface area (Å²) in [6.07, 6.45) is 0.655. The molecular formula is C12H22N2O4. The number of carbonyl (C=O) groups excluding carboxylic acids is 2. The van der Waals surface area contributed by atoms with Crippen LogP contribution in [0.1, 0.15) is 34.1 Å². The monoisotopic (exact) mass is 258 g/mol. The van der Waals surface area contributed by atoms with Crippen LogP contribution in [0.15, 0.2) is 0 Å². The highest BCUT2D eigenvalue weighted by atomic mass is 16.4. The summed E-state index contributed by atoms with van der Waals surface area (Å²) in [5, 5.41) is 11.5. The number of nitrogens with one attached hydrogen (secondary N) is 1. The van der Waals surface area contributed by atoms with Crippen LogP contribution in [0, 0.1) is 5.92 Å². The minimum atomic E-state index is -1.05. The first kappa shape index (κ1) is 16.4. The summed E-state index contributed by atoms with van der Waals surface area (Å²) in [6.45, 7) is 6.95. The van der Waals surface area contributed by atoms with Crippen LogP contribution < -0.4 is 5.32 Å². The zero-order valence-corrected chi connectivity index (χ0v) is 11.4. The Morgan fingerprint density at radius 2 is 1.83 bits per heavy atom. The first-order valence-corrected chi connectivity index (χ1v) is 6.08. The number of amides is 2. The molecule has 0 aliphatic carbocycles. The van der Waals surface area contributed by atoms with Crippen molar-refractivity contribution < 1.29 is 19.5 Å². The Kier molecular flexibility index (Phi) is 7.00. The standard InChI is InChI=1S/C12H22N2O4/c1-5-8(2)11(16)14(9(3)12(17)18)7-6-13-10(4)15/h8-9H,5-7H2,1-4H3,(H,13,15)(H,17,18). The molecule has 0 aromatic heterocycles. The van der Waals surface area contributed by atoms with Gasteiger partial charge in [0.05, 0.1) is 0 Å². The SMILES string of the molecule is CCC(C)C(=O)N(CCNC(C)=O)C(C)C(=O)O. The Balaban J connectivity index is 4.66. The highest BCUT2D eigenvalue weighted by molar-refractivity contribution is 5.84. The summed E-state index contributed by atoms with van der Waals surface area (Å²) in [5.74, 6) is -1.66. The molecule has 2 amide bonds. The summed E-state index contributed by atoms with van der Waals surface area (Å²) in [5.41, 5.74) is 0. The first-order valence-electron chi connectivity index (χ1n) is 6.08. The van der Waals surface area contributed by atoms with E-state index in [4.69, 9.17) is 5.11 Å². The van der Waals surface area contributed by atoms with E-state index < -0.39 is 12.0 Å². The van der Waals surface area contributed by atoms with Crippen LogP contribution in [0.3, 0.4) is 0 Å². The van der Waals surface area contributed by atoms with Gasteiger partial charge in [-0.15, -0.1) is 0 Å². The predicted molar refractivity (Wildman–Crippen MR) is 66.9 cm³/mol. The number of nitrogens with zero attached hydrogens (tertiary/aromatic N) is 1. The van der Waals surface area contributed by atoms with Crippen LogP contribution in [0.4, 0.5) is 0 Å². The topological polar surface area (TPSA) is 86.7 Å². The smallest absolute Gasteiger partial charge is 0.326 e. The summed E-state index contributed by atoms with van der Waals surface area (Å²) >= 11 is 0. The van der Waals surface area contributed by atoms with Gasteiger partial charge >= 0.3 is 5.97 Å².